The van der Waals surface area contributed by atoms with Crippen molar-refractivity contribution >= 4 is 12.1 Å². The zero-order valence-corrected chi connectivity index (χ0v) is 10.8. The molecule has 1 amide bonds. The third-order valence-corrected chi connectivity index (χ3v) is 3.27. The largest absolute Gasteiger partial charge is 0.508 e. The van der Waals surface area contributed by atoms with Crippen molar-refractivity contribution in [2.24, 2.45) is 5.10 Å². The molecule has 1 aliphatic rings. The average molecular weight is 270 g/mol. The molecule has 0 saturated heterocycles. The topological polar surface area (TPSA) is 90.4 Å². The summed E-state index contributed by atoms with van der Waals surface area (Å²) in [6.45, 7) is 0. The molecule has 0 bridgehead atoms. The zero-order valence-electron chi connectivity index (χ0n) is 10.8. The van der Waals surface area contributed by atoms with Crippen molar-refractivity contribution in [3.05, 3.63) is 46.8 Å². The van der Waals surface area contributed by atoms with Gasteiger partial charge in [-0.3, -0.25) is 9.89 Å². The number of aryl methyl sites for hydroxylation is 1. The quantitative estimate of drug-likeness (QED) is 0.581. The van der Waals surface area contributed by atoms with Gasteiger partial charge in [-0.25, -0.2) is 5.43 Å². The lowest BCUT2D eigenvalue weighted by atomic mass is 10.2. The lowest BCUT2D eigenvalue weighted by Gasteiger charge is -1.98. The van der Waals surface area contributed by atoms with Crippen LogP contribution in [0.3, 0.4) is 0 Å². The molecule has 20 heavy (non-hydrogen) atoms. The monoisotopic (exact) mass is 270 g/mol. The van der Waals surface area contributed by atoms with Gasteiger partial charge in [-0.05, 0) is 37.0 Å². The van der Waals surface area contributed by atoms with Crippen LogP contribution < -0.4 is 5.43 Å². The molecule has 1 aromatic heterocycles. The number of aromatic nitrogens is 2. The maximum absolute atomic E-state index is 12.0. The first-order valence-electron chi connectivity index (χ1n) is 6.42. The predicted molar refractivity (Wildman–Crippen MR) is 73.8 cm³/mol. The Labute approximate surface area is 115 Å². The molecule has 0 unspecified atom stereocenters. The van der Waals surface area contributed by atoms with E-state index in [9.17, 15) is 9.90 Å². The number of H-pyrrole nitrogens is 1. The molecule has 2 aromatic rings. The van der Waals surface area contributed by atoms with Gasteiger partial charge in [-0.15, -0.1) is 0 Å². The summed E-state index contributed by atoms with van der Waals surface area (Å²) in [4.78, 5) is 12.0. The fourth-order valence-electron chi connectivity index (χ4n) is 2.33. The highest BCUT2D eigenvalue weighted by molar-refractivity contribution is 5.94. The highest BCUT2D eigenvalue weighted by atomic mass is 16.3. The number of aromatic hydroxyl groups is 1. The van der Waals surface area contributed by atoms with Gasteiger partial charge in [0.25, 0.3) is 5.91 Å². The summed E-state index contributed by atoms with van der Waals surface area (Å²) in [5, 5.41) is 20.1. The Morgan fingerprint density at radius 2 is 2.35 bits per heavy atom. The van der Waals surface area contributed by atoms with Crippen LogP contribution in [0.5, 0.6) is 5.75 Å². The number of phenolic OH excluding ortho intramolecular Hbond substituents is 1. The van der Waals surface area contributed by atoms with Crippen molar-refractivity contribution in [3.8, 4) is 5.75 Å². The Morgan fingerprint density at radius 1 is 1.45 bits per heavy atom. The molecule has 0 spiro atoms. The van der Waals surface area contributed by atoms with Gasteiger partial charge in [-0.2, -0.15) is 10.2 Å². The molecule has 1 aromatic carbocycles. The van der Waals surface area contributed by atoms with Crippen molar-refractivity contribution in [2.45, 2.75) is 19.3 Å². The normalized spacial score (nSPS) is 13.6. The van der Waals surface area contributed by atoms with Crippen molar-refractivity contribution in [2.75, 3.05) is 0 Å². The SMILES string of the molecule is O=C(N/N=C/c1cccc(O)c1)c1n[nH]c2c1CCC2. The number of carbonyl (C=O) groups excluding carboxylic acids is 1. The molecule has 0 aliphatic heterocycles. The third-order valence-electron chi connectivity index (χ3n) is 3.27. The fraction of sp³-hybridized carbons (Fsp3) is 0.214. The van der Waals surface area contributed by atoms with E-state index in [4.69, 9.17) is 0 Å². The first kappa shape index (κ1) is 12.4. The Hall–Kier alpha value is -2.63. The fourth-order valence-corrected chi connectivity index (χ4v) is 2.33. The molecule has 0 radical (unpaired) electrons. The number of amides is 1. The standard InChI is InChI=1S/C14H14N4O2/c19-10-4-1-3-9(7-10)8-15-18-14(20)13-11-5-2-6-12(11)16-17-13/h1,3-4,7-8,19H,2,5-6H2,(H,16,17)(H,18,20)/b15-8+. The van der Waals surface area contributed by atoms with Crippen LogP contribution in [-0.4, -0.2) is 27.4 Å². The molecule has 6 heteroatoms. The van der Waals surface area contributed by atoms with E-state index in [1.807, 2.05) is 0 Å². The van der Waals surface area contributed by atoms with Gasteiger partial charge in [-0.1, -0.05) is 12.1 Å². The van der Waals surface area contributed by atoms with Crippen molar-refractivity contribution < 1.29 is 9.90 Å². The molecule has 0 atom stereocenters. The maximum Gasteiger partial charge on any atom is 0.292 e. The van der Waals surface area contributed by atoms with Crippen LogP contribution in [0, 0.1) is 0 Å². The number of aromatic amines is 1. The Kier molecular flexibility index (Phi) is 3.20. The molecular formula is C14H14N4O2. The first-order chi connectivity index (χ1) is 9.74. The molecule has 0 saturated carbocycles. The number of nitrogens with zero attached hydrogens (tertiary/aromatic N) is 2. The minimum Gasteiger partial charge on any atom is -0.508 e. The van der Waals surface area contributed by atoms with E-state index in [0.29, 0.717) is 11.3 Å². The van der Waals surface area contributed by atoms with Crippen LogP contribution in [-0.2, 0) is 12.8 Å². The van der Waals surface area contributed by atoms with E-state index in [1.165, 1.54) is 6.21 Å². The van der Waals surface area contributed by atoms with Gasteiger partial charge in [0.1, 0.15) is 5.75 Å². The average Bonchev–Trinajstić information content (AvgIpc) is 3.00. The second-order valence-corrected chi connectivity index (χ2v) is 4.68. The number of phenols is 1. The molecular weight excluding hydrogens is 256 g/mol. The summed E-state index contributed by atoms with van der Waals surface area (Å²) in [6, 6.07) is 6.62. The minimum atomic E-state index is -0.319. The van der Waals surface area contributed by atoms with Crippen LogP contribution in [0.15, 0.2) is 29.4 Å². The Morgan fingerprint density at radius 3 is 3.20 bits per heavy atom. The Balaban J connectivity index is 1.67. The summed E-state index contributed by atoms with van der Waals surface area (Å²) in [5.41, 5.74) is 5.62. The van der Waals surface area contributed by atoms with Gasteiger partial charge in [0.05, 0.1) is 6.21 Å². The number of rotatable bonds is 3. The van der Waals surface area contributed by atoms with Gasteiger partial charge >= 0.3 is 0 Å². The molecule has 3 N–H and O–H groups in total. The predicted octanol–water partition coefficient (Wildman–Crippen LogP) is 1.37. The molecule has 1 heterocycles. The number of hydrogen-bond acceptors (Lipinski definition) is 4. The van der Waals surface area contributed by atoms with Crippen LogP contribution in [0.25, 0.3) is 0 Å². The van der Waals surface area contributed by atoms with Crippen LogP contribution in [0.1, 0.15) is 33.7 Å². The van der Waals surface area contributed by atoms with E-state index < -0.39 is 0 Å². The lowest BCUT2D eigenvalue weighted by molar-refractivity contribution is 0.0949. The second kappa shape index (κ2) is 5.16. The van der Waals surface area contributed by atoms with Crippen molar-refractivity contribution in [1.29, 1.82) is 0 Å². The number of nitrogens with one attached hydrogen (secondary N) is 2. The highest BCUT2D eigenvalue weighted by Gasteiger charge is 2.22. The number of benzene rings is 1. The van der Waals surface area contributed by atoms with E-state index in [-0.39, 0.29) is 11.7 Å². The number of hydrogen-bond donors (Lipinski definition) is 3. The van der Waals surface area contributed by atoms with E-state index >= 15 is 0 Å². The number of hydrazone groups is 1. The molecule has 3 rings (SSSR count). The van der Waals surface area contributed by atoms with Crippen LogP contribution in [0.2, 0.25) is 0 Å². The first-order valence-corrected chi connectivity index (χ1v) is 6.42. The van der Waals surface area contributed by atoms with E-state index in [2.05, 4.69) is 20.7 Å². The van der Waals surface area contributed by atoms with Gasteiger partial charge < -0.3 is 5.11 Å². The van der Waals surface area contributed by atoms with Gasteiger partial charge in [0.2, 0.25) is 0 Å². The smallest absolute Gasteiger partial charge is 0.292 e. The van der Waals surface area contributed by atoms with Gasteiger partial charge in [0.15, 0.2) is 5.69 Å². The highest BCUT2D eigenvalue weighted by Crippen LogP contribution is 2.22. The molecule has 1 aliphatic carbocycles. The number of carbonyl (C=O) groups is 1. The van der Waals surface area contributed by atoms with Gasteiger partial charge in [0, 0.05) is 11.3 Å². The van der Waals surface area contributed by atoms with Crippen molar-refractivity contribution in [3.63, 3.8) is 0 Å². The van der Waals surface area contributed by atoms with E-state index in [1.54, 1.807) is 24.3 Å². The third kappa shape index (κ3) is 2.40. The maximum atomic E-state index is 12.0. The summed E-state index contributed by atoms with van der Waals surface area (Å²) in [7, 11) is 0. The lowest BCUT2D eigenvalue weighted by Crippen LogP contribution is -2.19. The zero-order chi connectivity index (χ0) is 13.9. The summed E-state index contributed by atoms with van der Waals surface area (Å²) in [5.74, 6) is -0.161. The summed E-state index contributed by atoms with van der Waals surface area (Å²) >= 11 is 0. The summed E-state index contributed by atoms with van der Waals surface area (Å²) < 4.78 is 0. The molecule has 6 nitrogen and oxygen atoms in total. The second-order valence-electron chi connectivity index (χ2n) is 4.68. The van der Waals surface area contributed by atoms with Crippen LogP contribution >= 0.6 is 0 Å². The minimum absolute atomic E-state index is 0.158. The Bertz CT molecular complexity index is 676. The molecule has 102 valence electrons. The summed E-state index contributed by atoms with van der Waals surface area (Å²) in [6.07, 6.45) is 4.36. The van der Waals surface area contributed by atoms with Crippen molar-refractivity contribution in [1.82, 2.24) is 15.6 Å². The number of fused-ring (bicyclic) bond motifs is 1. The molecule has 0 fully saturated rings. The van der Waals surface area contributed by atoms with Crippen LogP contribution in [0.4, 0.5) is 0 Å². The van der Waals surface area contributed by atoms with E-state index in [0.717, 1.165) is 30.5 Å².